The van der Waals surface area contributed by atoms with Gasteiger partial charge >= 0.3 is 0 Å². The molecule has 0 amide bonds. The van der Waals surface area contributed by atoms with Crippen LogP contribution in [-0.2, 0) is 47.4 Å². The van der Waals surface area contributed by atoms with Gasteiger partial charge in [0.05, 0.1) is 44.7 Å². The van der Waals surface area contributed by atoms with Crippen LogP contribution in [0, 0.1) is 46.3 Å². The van der Waals surface area contributed by atoms with Crippen LogP contribution in [0.2, 0.25) is 0 Å². The molecule has 12 N–H and O–H groups in total. The third-order valence-corrected chi connectivity index (χ3v) is 19.5. The molecule has 30 atom stereocenters. The molecule has 1 unspecified atom stereocenters. The fourth-order valence-corrected chi connectivity index (χ4v) is 15.1. The highest BCUT2D eigenvalue weighted by Crippen LogP contribution is 2.70. The molecule has 5 aliphatic heterocycles. The van der Waals surface area contributed by atoms with E-state index in [9.17, 15) is 61.3 Å². The Balaban J connectivity index is 0.841. The average Bonchev–Trinajstić information content (AvgIpc) is 3.95. The lowest BCUT2D eigenvalue weighted by Gasteiger charge is -2.58. The first-order valence-corrected chi connectivity index (χ1v) is 26.7. The van der Waals surface area contributed by atoms with E-state index >= 15 is 0 Å². The largest absolute Gasteiger partial charge is 0.394 e. The number of allylic oxidation sites excluding steroid dienone is 1. The molecule has 3 saturated carbocycles. The van der Waals surface area contributed by atoms with E-state index in [2.05, 4.69) is 26.8 Å². The van der Waals surface area contributed by atoms with Gasteiger partial charge in [-0.2, -0.15) is 0 Å². The summed E-state index contributed by atoms with van der Waals surface area (Å²) in [6, 6.07) is 0. The van der Waals surface area contributed by atoms with Crippen molar-refractivity contribution in [1.29, 1.82) is 0 Å². The molecule has 0 aromatic heterocycles. The molecule has 5 saturated heterocycles. The Morgan fingerprint density at radius 2 is 1.25 bits per heavy atom. The van der Waals surface area contributed by atoms with E-state index in [0.717, 1.165) is 32.1 Å². The fourth-order valence-electron chi connectivity index (χ4n) is 15.1. The van der Waals surface area contributed by atoms with Crippen molar-refractivity contribution in [3.63, 3.8) is 0 Å². The van der Waals surface area contributed by atoms with Crippen molar-refractivity contribution in [3.8, 4) is 0 Å². The number of aliphatic hydroxyl groups is 12. The summed E-state index contributed by atoms with van der Waals surface area (Å²) in [5.74, 6) is 0.933. The summed E-state index contributed by atoms with van der Waals surface area (Å²) < 4.78 is 61.1. The van der Waals surface area contributed by atoms with E-state index in [4.69, 9.17) is 47.4 Å². The van der Waals surface area contributed by atoms with Crippen molar-refractivity contribution < 1.29 is 109 Å². The minimum atomic E-state index is -1.76. The lowest BCUT2D eigenvalue weighted by molar-refractivity contribution is -0.376. The molecular formula is C51H84O22. The maximum atomic E-state index is 12.0. The first kappa shape index (κ1) is 56.6. The van der Waals surface area contributed by atoms with Gasteiger partial charge in [0.25, 0.3) is 0 Å². The number of methoxy groups -OCH3 is 1. The second-order valence-corrected chi connectivity index (χ2v) is 23.5. The van der Waals surface area contributed by atoms with Crippen LogP contribution in [0.3, 0.4) is 0 Å². The van der Waals surface area contributed by atoms with Gasteiger partial charge in [0.1, 0.15) is 85.5 Å². The number of hydrogen-bond acceptors (Lipinski definition) is 22. The smallest absolute Gasteiger partial charge is 0.187 e. The first-order chi connectivity index (χ1) is 34.6. The molecule has 0 aromatic rings. The second kappa shape index (κ2) is 22.2. The summed E-state index contributed by atoms with van der Waals surface area (Å²) in [5, 5.41) is 126. The van der Waals surface area contributed by atoms with E-state index < -0.39 is 148 Å². The van der Waals surface area contributed by atoms with Crippen LogP contribution in [0.4, 0.5) is 0 Å². The molecule has 0 bridgehead atoms. The fraction of sp³-hybridized carbons (Fsp3) is 0.961. The first-order valence-electron chi connectivity index (χ1n) is 26.7. The molecule has 0 radical (unpaired) electrons. The third-order valence-electron chi connectivity index (χ3n) is 19.5. The number of hydrogen-bond donors (Lipinski definition) is 12. The molecule has 9 rings (SSSR count). The van der Waals surface area contributed by atoms with Crippen molar-refractivity contribution in [3.05, 3.63) is 11.6 Å². The van der Waals surface area contributed by atoms with E-state index in [1.165, 1.54) is 12.5 Å². The van der Waals surface area contributed by atoms with Gasteiger partial charge in [0.2, 0.25) is 0 Å². The predicted molar refractivity (Wildman–Crippen MR) is 249 cm³/mol. The molecule has 9 aliphatic rings. The molecule has 0 aromatic carbocycles. The van der Waals surface area contributed by atoms with Gasteiger partial charge in [-0.1, -0.05) is 39.3 Å². The maximum Gasteiger partial charge on any atom is 0.187 e. The quantitative estimate of drug-likeness (QED) is 0.0766. The summed E-state index contributed by atoms with van der Waals surface area (Å²) in [5.41, 5.74) is 1.22. The summed E-state index contributed by atoms with van der Waals surface area (Å²) in [6.07, 6.45) is -17.9. The van der Waals surface area contributed by atoms with Crippen LogP contribution in [0.5, 0.6) is 0 Å². The maximum absolute atomic E-state index is 12.0. The third kappa shape index (κ3) is 10.0. The summed E-state index contributed by atoms with van der Waals surface area (Å²) >= 11 is 0. The van der Waals surface area contributed by atoms with Crippen molar-refractivity contribution in [2.75, 3.05) is 33.5 Å². The zero-order chi connectivity index (χ0) is 52.6. The molecule has 22 heteroatoms. The molecular weight excluding hydrogens is 965 g/mol. The standard InChI is InChI=1S/C51H84O22/c1-21(20-65-45-40(61)38(59)35(56)30(17-52)68-45)9-14-51(64-6)22(2)33-29(73-51)16-28-26-8-7-24-15-25(10-12-49(24,4)27(26)11-13-50(28,33)5)67-48-42(63)44(72-46-41(62)37(58)34(55)23(3)66-46)43(32(19-54)70-48)71-47-39(60)36(57)31(18-53)69-47/h7,21-23,25-48,52-63H,8-20H2,1-6H3/t21-,22+,23+,25+,26-,27+,28+,29+,30-,31-,32-,33+,34+,35-,36-,37-,38+,39+,40-,41-,42-,43-,44-,45-,46?,47+,48-,49+,50+,51-/m1/s1. The molecule has 420 valence electrons. The van der Waals surface area contributed by atoms with Crippen molar-refractivity contribution >= 4 is 0 Å². The lowest BCUT2D eigenvalue weighted by Crippen LogP contribution is -2.65. The molecule has 22 nitrogen and oxygen atoms in total. The normalized spacial score (nSPS) is 54.3. The average molecular weight is 1050 g/mol. The highest BCUT2D eigenvalue weighted by atomic mass is 16.8. The molecule has 73 heavy (non-hydrogen) atoms. The highest BCUT2D eigenvalue weighted by Gasteiger charge is 2.68. The summed E-state index contributed by atoms with van der Waals surface area (Å²) in [4.78, 5) is 0. The summed E-state index contributed by atoms with van der Waals surface area (Å²) in [7, 11) is 1.72. The number of ether oxygens (including phenoxy) is 10. The van der Waals surface area contributed by atoms with E-state index in [1.54, 1.807) is 7.11 Å². The van der Waals surface area contributed by atoms with Gasteiger partial charge in [0, 0.05) is 19.4 Å². The Kier molecular flexibility index (Phi) is 17.2. The highest BCUT2D eigenvalue weighted by molar-refractivity contribution is 5.26. The Morgan fingerprint density at radius 1 is 0.658 bits per heavy atom. The van der Waals surface area contributed by atoms with Gasteiger partial charge < -0.3 is 109 Å². The monoisotopic (exact) mass is 1050 g/mol. The van der Waals surface area contributed by atoms with E-state index in [-0.39, 0.29) is 41.3 Å². The number of rotatable bonds is 16. The van der Waals surface area contributed by atoms with Crippen molar-refractivity contribution in [2.45, 2.75) is 227 Å². The van der Waals surface area contributed by atoms with E-state index in [1.807, 2.05) is 6.92 Å². The zero-order valence-electron chi connectivity index (χ0n) is 42.8. The topological polar surface area (TPSA) is 335 Å². The van der Waals surface area contributed by atoms with Crippen LogP contribution < -0.4 is 0 Å². The number of aliphatic hydroxyl groups excluding tert-OH is 12. The Labute approximate surface area is 426 Å². The van der Waals surface area contributed by atoms with Crippen LogP contribution >= 0.6 is 0 Å². The van der Waals surface area contributed by atoms with Gasteiger partial charge in [-0.15, -0.1) is 0 Å². The van der Waals surface area contributed by atoms with Gasteiger partial charge in [0.15, 0.2) is 30.9 Å². The van der Waals surface area contributed by atoms with Gasteiger partial charge in [-0.25, -0.2) is 0 Å². The number of fused-ring (bicyclic) bond motifs is 7. The SMILES string of the molecule is CO[C@]1(CC[C@@H](C)CO[C@@H]2O[C@H](CO)[C@@H](O)[C@H](O)[C@H]2O)O[C@H]2C[C@H]3[C@@H]4CC=C5C[C@@H](O[C@@H]6O[C@H](CO)[C@@H](O[C@@H]7O[C@H](CO)[C@@H](O)[C@@H]7O)[C@H](OC7O[C@@H](C)[C@H](O)[C@@H](O)[C@H]7O)[C@H]6O)CC[C@]5(C)[C@H]4CC[C@]3(C)[C@H]2[C@@H]1C. The molecule has 8 fully saturated rings. The molecule has 5 heterocycles. The van der Waals surface area contributed by atoms with Crippen LogP contribution in [-0.4, -0.2) is 230 Å². The van der Waals surface area contributed by atoms with Gasteiger partial charge in [-0.05, 0) is 98.7 Å². The van der Waals surface area contributed by atoms with Crippen LogP contribution in [0.1, 0.15) is 92.4 Å². The minimum Gasteiger partial charge on any atom is -0.394 e. The van der Waals surface area contributed by atoms with Crippen LogP contribution in [0.25, 0.3) is 0 Å². The lowest BCUT2D eigenvalue weighted by atomic mass is 9.47. The Hall–Kier alpha value is -1.14. The zero-order valence-corrected chi connectivity index (χ0v) is 42.8. The second-order valence-electron chi connectivity index (χ2n) is 23.5. The Bertz CT molecular complexity index is 1880. The minimum absolute atomic E-state index is 0.00783. The predicted octanol–water partition coefficient (Wildman–Crippen LogP) is -1.71. The Morgan fingerprint density at radius 3 is 1.93 bits per heavy atom. The van der Waals surface area contributed by atoms with Crippen LogP contribution in [0.15, 0.2) is 11.6 Å². The molecule has 0 spiro atoms. The van der Waals surface area contributed by atoms with Crippen molar-refractivity contribution in [1.82, 2.24) is 0 Å². The van der Waals surface area contributed by atoms with Crippen molar-refractivity contribution in [2.24, 2.45) is 46.3 Å². The van der Waals surface area contributed by atoms with Gasteiger partial charge in [-0.3, -0.25) is 0 Å². The summed E-state index contributed by atoms with van der Waals surface area (Å²) in [6.45, 7) is 8.97. The molecule has 4 aliphatic carbocycles. The van der Waals surface area contributed by atoms with E-state index in [0.29, 0.717) is 43.4 Å².